The number of nitrogens with one attached hydrogen (secondary N) is 2. The van der Waals surface area contributed by atoms with Crippen molar-refractivity contribution < 1.29 is 14.0 Å². The highest BCUT2D eigenvalue weighted by Crippen LogP contribution is 2.20. The molecule has 3 amide bonds. The normalized spacial score (nSPS) is 10.2. The first-order chi connectivity index (χ1) is 11.9. The molecule has 0 unspecified atom stereocenters. The summed E-state index contributed by atoms with van der Waals surface area (Å²) >= 11 is 5.97. The van der Waals surface area contributed by atoms with Gasteiger partial charge in [0.2, 0.25) is 0 Å². The molecule has 2 aromatic rings. The van der Waals surface area contributed by atoms with Crippen molar-refractivity contribution in [2.75, 3.05) is 14.1 Å². The summed E-state index contributed by atoms with van der Waals surface area (Å²) in [5.74, 6) is -0.617. The maximum absolute atomic E-state index is 13.8. The summed E-state index contributed by atoms with van der Waals surface area (Å²) in [7, 11) is 3.13. The molecule has 5 nitrogen and oxygen atoms in total. The van der Waals surface area contributed by atoms with Gasteiger partial charge in [-0.15, -0.1) is 0 Å². The monoisotopic (exact) mass is 363 g/mol. The lowest BCUT2D eigenvalue weighted by Crippen LogP contribution is -2.36. The molecule has 132 valence electrons. The van der Waals surface area contributed by atoms with Crippen LogP contribution in [0.5, 0.6) is 0 Å². The van der Waals surface area contributed by atoms with Gasteiger partial charge in [-0.05, 0) is 29.8 Å². The molecule has 0 aliphatic rings. The molecule has 2 rings (SSSR count). The van der Waals surface area contributed by atoms with E-state index in [2.05, 4.69) is 10.6 Å². The fourth-order valence-electron chi connectivity index (χ4n) is 2.22. The lowest BCUT2D eigenvalue weighted by molar-refractivity contribution is 0.0963. The van der Waals surface area contributed by atoms with E-state index in [0.717, 1.165) is 5.56 Å². The lowest BCUT2D eigenvalue weighted by Gasteiger charge is -2.19. The average molecular weight is 364 g/mol. The second kappa shape index (κ2) is 8.48. The van der Waals surface area contributed by atoms with Crippen molar-refractivity contribution in [2.45, 2.75) is 13.1 Å². The molecule has 0 atom stereocenters. The van der Waals surface area contributed by atoms with Gasteiger partial charge in [0.1, 0.15) is 5.82 Å². The van der Waals surface area contributed by atoms with Crippen LogP contribution in [0, 0.1) is 5.82 Å². The Hall–Kier alpha value is -2.60. The Morgan fingerprint density at radius 1 is 1.16 bits per heavy atom. The highest BCUT2D eigenvalue weighted by molar-refractivity contribution is 6.31. The Kier molecular flexibility index (Phi) is 6.36. The second-order valence-corrected chi connectivity index (χ2v) is 5.90. The molecule has 0 heterocycles. The fraction of sp³-hybridized carbons (Fsp3) is 0.222. The first kappa shape index (κ1) is 18.7. The number of benzene rings is 2. The molecule has 0 saturated carbocycles. The van der Waals surface area contributed by atoms with E-state index in [9.17, 15) is 14.0 Å². The van der Waals surface area contributed by atoms with E-state index < -0.39 is 5.82 Å². The maximum atomic E-state index is 13.8. The number of halogens is 2. The third-order valence-corrected chi connectivity index (χ3v) is 4.04. The SMILES string of the molecule is CNC(=O)c1ccc(CNC(=O)N(C)Cc2c(F)cccc2Cl)cc1. The van der Waals surface area contributed by atoms with E-state index in [-0.39, 0.29) is 29.1 Å². The van der Waals surface area contributed by atoms with Crippen LogP contribution in [0.3, 0.4) is 0 Å². The Bertz CT molecular complexity index is 745. The van der Waals surface area contributed by atoms with Crippen LogP contribution in [0.15, 0.2) is 42.5 Å². The number of amides is 3. The molecule has 0 aliphatic carbocycles. The predicted molar refractivity (Wildman–Crippen MR) is 94.9 cm³/mol. The molecule has 2 N–H and O–H groups in total. The molecule has 0 aromatic heterocycles. The van der Waals surface area contributed by atoms with Crippen molar-refractivity contribution >= 4 is 23.5 Å². The van der Waals surface area contributed by atoms with Gasteiger partial charge in [-0.1, -0.05) is 29.8 Å². The molecule has 2 aromatic carbocycles. The van der Waals surface area contributed by atoms with Crippen LogP contribution in [0.4, 0.5) is 9.18 Å². The van der Waals surface area contributed by atoms with Crippen LogP contribution < -0.4 is 10.6 Å². The number of carbonyl (C=O) groups excluding carboxylic acids is 2. The van der Waals surface area contributed by atoms with Crippen LogP contribution in [0.2, 0.25) is 5.02 Å². The zero-order valence-corrected chi connectivity index (χ0v) is 14.7. The minimum absolute atomic E-state index is 0.0624. The Labute approximate surface area is 150 Å². The quantitative estimate of drug-likeness (QED) is 0.857. The van der Waals surface area contributed by atoms with Gasteiger partial charge in [0.05, 0.1) is 6.54 Å². The summed E-state index contributed by atoms with van der Waals surface area (Å²) in [6.45, 7) is 0.356. The summed E-state index contributed by atoms with van der Waals surface area (Å²) < 4.78 is 13.8. The van der Waals surface area contributed by atoms with E-state index in [4.69, 9.17) is 11.6 Å². The van der Waals surface area contributed by atoms with Crippen molar-refractivity contribution in [2.24, 2.45) is 0 Å². The summed E-state index contributed by atoms with van der Waals surface area (Å²) in [5, 5.41) is 5.56. The minimum Gasteiger partial charge on any atom is -0.355 e. The second-order valence-electron chi connectivity index (χ2n) is 5.49. The minimum atomic E-state index is -0.447. The number of hydrogen-bond acceptors (Lipinski definition) is 2. The molecule has 0 saturated heterocycles. The summed E-state index contributed by atoms with van der Waals surface area (Å²) in [6.07, 6.45) is 0. The van der Waals surface area contributed by atoms with Crippen molar-refractivity contribution in [3.8, 4) is 0 Å². The van der Waals surface area contributed by atoms with Crippen molar-refractivity contribution in [1.82, 2.24) is 15.5 Å². The van der Waals surface area contributed by atoms with E-state index in [0.29, 0.717) is 12.1 Å². The smallest absolute Gasteiger partial charge is 0.317 e. The molecule has 0 fully saturated rings. The van der Waals surface area contributed by atoms with Gasteiger partial charge in [-0.25, -0.2) is 9.18 Å². The van der Waals surface area contributed by atoms with Gasteiger partial charge in [0.25, 0.3) is 5.91 Å². The van der Waals surface area contributed by atoms with Crippen molar-refractivity contribution in [3.63, 3.8) is 0 Å². The van der Waals surface area contributed by atoms with E-state index >= 15 is 0 Å². The molecule has 0 spiro atoms. The lowest BCUT2D eigenvalue weighted by atomic mass is 10.1. The fourth-order valence-corrected chi connectivity index (χ4v) is 2.45. The first-order valence-electron chi connectivity index (χ1n) is 7.65. The zero-order chi connectivity index (χ0) is 18.4. The summed E-state index contributed by atoms with van der Waals surface area (Å²) in [6, 6.07) is 10.9. The van der Waals surface area contributed by atoms with Crippen LogP contribution in [0.25, 0.3) is 0 Å². The van der Waals surface area contributed by atoms with Gasteiger partial charge in [0.15, 0.2) is 0 Å². The topological polar surface area (TPSA) is 61.4 Å². The first-order valence-corrected chi connectivity index (χ1v) is 8.03. The number of urea groups is 1. The third-order valence-electron chi connectivity index (χ3n) is 3.69. The van der Waals surface area contributed by atoms with E-state index in [1.54, 1.807) is 44.4 Å². The number of hydrogen-bond donors (Lipinski definition) is 2. The zero-order valence-electron chi connectivity index (χ0n) is 14.0. The molecular weight excluding hydrogens is 345 g/mol. The molecule has 0 radical (unpaired) electrons. The van der Waals surface area contributed by atoms with Gasteiger partial charge in [-0.3, -0.25) is 4.79 Å². The predicted octanol–water partition coefficient (Wildman–Crippen LogP) is 3.18. The Morgan fingerprint density at radius 3 is 2.44 bits per heavy atom. The van der Waals surface area contributed by atoms with Gasteiger partial charge in [-0.2, -0.15) is 0 Å². The Balaban J connectivity index is 1.92. The van der Waals surface area contributed by atoms with Crippen LogP contribution in [-0.4, -0.2) is 30.9 Å². The van der Waals surface area contributed by atoms with E-state index in [1.165, 1.54) is 17.0 Å². The van der Waals surface area contributed by atoms with Crippen LogP contribution in [-0.2, 0) is 13.1 Å². The van der Waals surface area contributed by atoms with E-state index in [1.807, 2.05) is 0 Å². The van der Waals surface area contributed by atoms with Crippen molar-refractivity contribution in [3.05, 3.63) is 70.0 Å². The highest BCUT2D eigenvalue weighted by Gasteiger charge is 2.14. The largest absolute Gasteiger partial charge is 0.355 e. The molecule has 0 aliphatic heterocycles. The summed E-state index contributed by atoms with van der Waals surface area (Å²) in [4.78, 5) is 25.0. The van der Waals surface area contributed by atoms with Gasteiger partial charge >= 0.3 is 6.03 Å². The molecule has 0 bridgehead atoms. The van der Waals surface area contributed by atoms with Gasteiger partial charge < -0.3 is 15.5 Å². The number of carbonyl (C=O) groups is 2. The van der Waals surface area contributed by atoms with Crippen molar-refractivity contribution in [1.29, 1.82) is 0 Å². The summed E-state index contributed by atoms with van der Waals surface area (Å²) in [5.41, 5.74) is 1.67. The molecule has 25 heavy (non-hydrogen) atoms. The average Bonchev–Trinajstić information content (AvgIpc) is 2.62. The molecule has 7 heteroatoms. The highest BCUT2D eigenvalue weighted by atomic mass is 35.5. The Morgan fingerprint density at radius 2 is 1.84 bits per heavy atom. The number of nitrogens with zero attached hydrogens (tertiary/aromatic N) is 1. The third kappa shape index (κ3) is 4.93. The molecular formula is C18H19ClFN3O2. The van der Waals surface area contributed by atoms with Gasteiger partial charge in [0, 0.05) is 36.8 Å². The van der Waals surface area contributed by atoms with Crippen LogP contribution in [0.1, 0.15) is 21.5 Å². The van der Waals surface area contributed by atoms with Crippen LogP contribution >= 0.6 is 11.6 Å². The standard InChI is InChI=1S/C18H19ClFN3O2/c1-21-17(24)13-8-6-12(7-9-13)10-22-18(25)23(2)11-14-15(19)4-3-5-16(14)20/h3-9H,10-11H2,1-2H3,(H,21,24)(H,22,25). The number of rotatable bonds is 5. The maximum Gasteiger partial charge on any atom is 0.317 e.